The molecule has 2 atom stereocenters. The van der Waals surface area contributed by atoms with Crippen molar-refractivity contribution in [3.8, 4) is 0 Å². The first-order valence-electron chi connectivity index (χ1n) is 5.65. The highest BCUT2D eigenvalue weighted by Gasteiger charge is 2.23. The molecule has 0 amide bonds. The average Bonchev–Trinajstić information content (AvgIpc) is 2.17. The summed E-state index contributed by atoms with van der Waals surface area (Å²) in [5.41, 5.74) is 0. The molecule has 1 aliphatic rings. The van der Waals surface area contributed by atoms with Crippen LogP contribution in [0.3, 0.4) is 0 Å². The van der Waals surface area contributed by atoms with Crippen LogP contribution in [0.5, 0.6) is 0 Å². The van der Waals surface area contributed by atoms with Gasteiger partial charge in [0.05, 0.1) is 0 Å². The van der Waals surface area contributed by atoms with E-state index in [0.717, 1.165) is 17.6 Å². The lowest BCUT2D eigenvalue weighted by atomic mass is 9.86. The van der Waals surface area contributed by atoms with Gasteiger partial charge in [-0.1, -0.05) is 19.8 Å². The third-order valence-electron chi connectivity index (χ3n) is 3.10. The standard InChI is InChI=1S/C11H22N2S/c1-4-12-11(14)13(3)10-7-5-6-9(2)8-10/h9-10H,4-8H2,1-3H3,(H,12,14). The summed E-state index contributed by atoms with van der Waals surface area (Å²) in [7, 11) is 2.12. The molecule has 0 aliphatic heterocycles. The van der Waals surface area contributed by atoms with E-state index in [1.54, 1.807) is 0 Å². The number of nitrogens with zero attached hydrogens (tertiary/aromatic N) is 1. The van der Waals surface area contributed by atoms with Gasteiger partial charge in [-0.2, -0.15) is 0 Å². The van der Waals surface area contributed by atoms with Crippen molar-refractivity contribution in [3.63, 3.8) is 0 Å². The summed E-state index contributed by atoms with van der Waals surface area (Å²) in [4.78, 5) is 2.24. The van der Waals surface area contributed by atoms with Crippen LogP contribution in [0.15, 0.2) is 0 Å². The third kappa shape index (κ3) is 3.12. The monoisotopic (exact) mass is 214 g/mol. The Morgan fingerprint density at radius 2 is 2.21 bits per heavy atom. The zero-order valence-corrected chi connectivity index (χ0v) is 10.4. The molecule has 0 radical (unpaired) electrons. The van der Waals surface area contributed by atoms with Gasteiger partial charge in [-0.25, -0.2) is 0 Å². The zero-order valence-electron chi connectivity index (χ0n) is 9.55. The molecule has 0 heterocycles. The highest BCUT2D eigenvalue weighted by Crippen LogP contribution is 2.26. The topological polar surface area (TPSA) is 15.3 Å². The Hall–Kier alpha value is -0.310. The molecule has 0 aromatic carbocycles. The molecule has 0 aromatic heterocycles. The van der Waals surface area contributed by atoms with Gasteiger partial charge in [-0.05, 0) is 37.9 Å². The van der Waals surface area contributed by atoms with Gasteiger partial charge in [0.15, 0.2) is 5.11 Å². The molecule has 2 unspecified atom stereocenters. The Labute approximate surface area is 93.1 Å². The summed E-state index contributed by atoms with van der Waals surface area (Å²) in [5.74, 6) is 0.862. The van der Waals surface area contributed by atoms with Crippen LogP contribution in [0.1, 0.15) is 39.5 Å². The van der Waals surface area contributed by atoms with Crippen molar-refractivity contribution in [3.05, 3.63) is 0 Å². The molecule has 0 bridgehead atoms. The molecule has 1 N–H and O–H groups in total. The van der Waals surface area contributed by atoms with Crippen molar-refractivity contribution < 1.29 is 0 Å². The maximum atomic E-state index is 5.31. The second-order valence-corrected chi connectivity index (χ2v) is 4.76. The van der Waals surface area contributed by atoms with E-state index >= 15 is 0 Å². The average molecular weight is 214 g/mol. The molecule has 2 nitrogen and oxygen atoms in total. The van der Waals surface area contributed by atoms with Crippen LogP contribution in [0, 0.1) is 5.92 Å². The van der Waals surface area contributed by atoms with E-state index in [4.69, 9.17) is 12.2 Å². The third-order valence-corrected chi connectivity index (χ3v) is 3.54. The Balaban J connectivity index is 2.42. The van der Waals surface area contributed by atoms with Gasteiger partial charge < -0.3 is 10.2 Å². The SMILES string of the molecule is CCNC(=S)N(C)C1CCCC(C)C1. The summed E-state index contributed by atoms with van der Waals surface area (Å²) in [5, 5.41) is 4.12. The molecule has 1 aliphatic carbocycles. The lowest BCUT2D eigenvalue weighted by Gasteiger charge is -2.35. The molecular weight excluding hydrogens is 192 g/mol. The van der Waals surface area contributed by atoms with E-state index in [9.17, 15) is 0 Å². The normalized spacial score (nSPS) is 27.1. The Morgan fingerprint density at radius 3 is 2.79 bits per heavy atom. The summed E-state index contributed by atoms with van der Waals surface area (Å²) in [6, 6.07) is 0.658. The van der Waals surface area contributed by atoms with Crippen LogP contribution in [0.25, 0.3) is 0 Å². The molecular formula is C11H22N2S. The molecule has 0 spiro atoms. The van der Waals surface area contributed by atoms with Gasteiger partial charge >= 0.3 is 0 Å². The van der Waals surface area contributed by atoms with Crippen LogP contribution in [-0.4, -0.2) is 29.6 Å². The van der Waals surface area contributed by atoms with Gasteiger partial charge in [0.25, 0.3) is 0 Å². The number of rotatable bonds is 2. The predicted octanol–water partition coefficient (Wildman–Crippen LogP) is 2.39. The molecule has 1 saturated carbocycles. The smallest absolute Gasteiger partial charge is 0.168 e. The number of hydrogen-bond acceptors (Lipinski definition) is 1. The van der Waals surface area contributed by atoms with Gasteiger partial charge in [-0.15, -0.1) is 0 Å². The summed E-state index contributed by atoms with van der Waals surface area (Å²) in [6.07, 6.45) is 5.33. The Bertz CT molecular complexity index is 194. The van der Waals surface area contributed by atoms with Gasteiger partial charge in [-0.3, -0.25) is 0 Å². The lowest BCUT2D eigenvalue weighted by Crippen LogP contribution is -2.45. The zero-order chi connectivity index (χ0) is 10.6. The fraction of sp³-hybridized carbons (Fsp3) is 0.909. The van der Waals surface area contributed by atoms with Crippen molar-refractivity contribution in [1.82, 2.24) is 10.2 Å². The second kappa shape index (κ2) is 5.54. The van der Waals surface area contributed by atoms with Crippen LogP contribution < -0.4 is 5.32 Å². The van der Waals surface area contributed by atoms with Crippen LogP contribution in [-0.2, 0) is 0 Å². The molecule has 3 heteroatoms. The fourth-order valence-electron chi connectivity index (χ4n) is 2.20. The summed E-state index contributed by atoms with van der Waals surface area (Å²) < 4.78 is 0. The molecule has 0 saturated heterocycles. The van der Waals surface area contributed by atoms with E-state index in [0.29, 0.717) is 6.04 Å². The minimum absolute atomic E-state index is 0.658. The lowest BCUT2D eigenvalue weighted by molar-refractivity contribution is 0.230. The predicted molar refractivity (Wildman–Crippen MR) is 65.5 cm³/mol. The molecule has 82 valence electrons. The van der Waals surface area contributed by atoms with E-state index in [-0.39, 0.29) is 0 Å². The van der Waals surface area contributed by atoms with Gasteiger partial charge in [0.2, 0.25) is 0 Å². The summed E-state index contributed by atoms with van der Waals surface area (Å²) >= 11 is 5.31. The quantitative estimate of drug-likeness (QED) is 0.711. The van der Waals surface area contributed by atoms with E-state index in [1.165, 1.54) is 25.7 Å². The Morgan fingerprint density at radius 1 is 1.50 bits per heavy atom. The second-order valence-electron chi connectivity index (χ2n) is 4.37. The van der Waals surface area contributed by atoms with Gasteiger partial charge in [0, 0.05) is 19.6 Å². The van der Waals surface area contributed by atoms with Crippen molar-refractivity contribution >= 4 is 17.3 Å². The number of hydrogen-bond donors (Lipinski definition) is 1. The molecule has 14 heavy (non-hydrogen) atoms. The largest absolute Gasteiger partial charge is 0.363 e. The van der Waals surface area contributed by atoms with Crippen molar-refractivity contribution in [2.45, 2.75) is 45.6 Å². The maximum absolute atomic E-state index is 5.31. The minimum atomic E-state index is 0.658. The van der Waals surface area contributed by atoms with Crippen molar-refractivity contribution in [2.24, 2.45) is 5.92 Å². The molecule has 1 rings (SSSR count). The Kier molecular flexibility index (Phi) is 4.66. The fourth-order valence-corrected chi connectivity index (χ4v) is 2.49. The first kappa shape index (κ1) is 11.8. The van der Waals surface area contributed by atoms with E-state index < -0.39 is 0 Å². The number of nitrogens with one attached hydrogen (secondary N) is 1. The van der Waals surface area contributed by atoms with Gasteiger partial charge in [0.1, 0.15) is 0 Å². The minimum Gasteiger partial charge on any atom is -0.363 e. The van der Waals surface area contributed by atoms with Crippen molar-refractivity contribution in [2.75, 3.05) is 13.6 Å². The first-order valence-corrected chi connectivity index (χ1v) is 6.06. The van der Waals surface area contributed by atoms with Crippen LogP contribution in [0.2, 0.25) is 0 Å². The first-order chi connectivity index (χ1) is 6.65. The van der Waals surface area contributed by atoms with Crippen LogP contribution >= 0.6 is 12.2 Å². The molecule has 0 aromatic rings. The molecule has 1 fully saturated rings. The number of thiocarbonyl (C=S) groups is 1. The summed E-state index contributed by atoms with van der Waals surface area (Å²) in [6.45, 7) is 5.35. The highest BCUT2D eigenvalue weighted by molar-refractivity contribution is 7.80. The van der Waals surface area contributed by atoms with E-state index in [2.05, 4.69) is 31.1 Å². The highest BCUT2D eigenvalue weighted by atomic mass is 32.1. The van der Waals surface area contributed by atoms with Crippen molar-refractivity contribution in [1.29, 1.82) is 0 Å². The van der Waals surface area contributed by atoms with E-state index in [1.807, 2.05) is 0 Å². The maximum Gasteiger partial charge on any atom is 0.168 e. The van der Waals surface area contributed by atoms with Crippen LogP contribution in [0.4, 0.5) is 0 Å².